The zero-order valence-corrected chi connectivity index (χ0v) is 20.5. The first-order valence-corrected chi connectivity index (χ1v) is 11.8. The van der Waals surface area contributed by atoms with Gasteiger partial charge in [-0.05, 0) is 124 Å². The van der Waals surface area contributed by atoms with Crippen LogP contribution in [0.5, 0.6) is 0 Å². The van der Waals surface area contributed by atoms with Crippen molar-refractivity contribution in [3.8, 4) is 0 Å². The van der Waals surface area contributed by atoms with Gasteiger partial charge < -0.3 is 9.97 Å². The van der Waals surface area contributed by atoms with Crippen molar-refractivity contribution in [1.29, 1.82) is 0 Å². The van der Waals surface area contributed by atoms with Crippen LogP contribution >= 0.6 is 0 Å². The van der Waals surface area contributed by atoms with Gasteiger partial charge in [-0.2, -0.15) is 0 Å². The minimum Gasteiger partial charge on any atom is -0.355 e. The van der Waals surface area contributed by atoms with Crippen LogP contribution in [0.2, 0.25) is 0 Å². The molecule has 0 aromatic carbocycles. The summed E-state index contributed by atoms with van der Waals surface area (Å²) < 4.78 is 0. The third-order valence-corrected chi connectivity index (χ3v) is 8.22. The predicted octanol–water partition coefficient (Wildman–Crippen LogP) is 7.38. The average Bonchev–Trinajstić information content (AvgIpc) is 3.53. The van der Waals surface area contributed by atoms with Gasteiger partial charge in [0.1, 0.15) is 0 Å². The molecule has 1 aliphatic carbocycles. The summed E-state index contributed by atoms with van der Waals surface area (Å²) >= 11 is 0. The first kappa shape index (κ1) is 20.2. The first-order valence-electron chi connectivity index (χ1n) is 11.8. The molecule has 6 rings (SSSR count). The van der Waals surface area contributed by atoms with Crippen molar-refractivity contribution in [2.45, 2.75) is 61.3 Å². The maximum absolute atomic E-state index is 5.15. The Labute approximate surface area is 194 Å². The lowest BCUT2D eigenvalue weighted by Crippen LogP contribution is -1.90. The van der Waals surface area contributed by atoms with E-state index in [1.807, 2.05) is 0 Å². The molecule has 2 N–H and O–H groups in total. The normalized spacial score (nSPS) is 15.2. The molecule has 5 heterocycles. The third kappa shape index (κ3) is 2.76. The highest BCUT2D eigenvalue weighted by molar-refractivity contribution is 5.98. The van der Waals surface area contributed by atoms with Crippen molar-refractivity contribution in [1.82, 2.24) is 19.9 Å². The number of aromatic amines is 2. The van der Waals surface area contributed by atoms with Gasteiger partial charge in [-0.1, -0.05) is 0 Å². The maximum Gasteiger partial charge on any atom is 0.0726 e. The van der Waals surface area contributed by atoms with Crippen LogP contribution < -0.4 is 0 Å². The molecule has 8 bridgehead atoms. The minimum atomic E-state index is 1.01. The molecule has 0 amide bonds. The van der Waals surface area contributed by atoms with Gasteiger partial charge in [0.25, 0.3) is 0 Å². The van der Waals surface area contributed by atoms with Crippen LogP contribution in [0.1, 0.15) is 77.8 Å². The van der Waals surface area contributed by atoms with E-state index in [0.29, 0.717) is 0 Å². The molecule has 33 heavy (non-hydrogen) atoms. The Morgan fingerprint density at radius 2 is 1.03 bits per heavy atom. The number of allylic oxidation sites excluding steroid dienone is 4. The highest BCUT2D eigenvalue weighted by Gasteiger charge is 2.29. The predicted molar refractivity (Wildman–Crippen MR) is 139 cm³/mol. The van der Waals surface area contributed by atoms with E-state index in [1.165, 1.54) is 50.1 Å². The summed E-state index contributed by atoms with van der Waals surface area (Å²) in [5.74, 6) is 0. The average molecular weight is 435 g/mol. The Morgan fingerprint density at radius 1 is 0.545 bits per heavy atom. The summed E-state index contributed by atoms with van der Waals surface area (Å²) in [4.78, 5) is 17.6. The van der Waals surface area contributed by atoms with Crippen molar-refractivity contribution in [2.24, 2.45) is 0 Å². The van der Waals surface area contributed by atoms with E-state index in [4.69, 9.17) is 9.97 Å². The fraction of sp³-hybridized carbons (Fsp3) is 0.310. The van der Waals surface area contributed by atoms with Crippen molar-refractivity contribution in [3.05, 3.63) is 68.8 Å². The van der Waals surface area contributed by atoms with Crippen molar-refractivity contribution >= 4 is 44.4 Å². The molecule has 166 valence electrons. The van der Waals surface area contributed by atoms with Gasteiger partial charge in [0.05, 0.1) is 22.8 Å². The molecule has 3 aromatic heterocycles. The molecule has 2 aliphatic heterocycles. The Hall–Kier alpha value is -3.40. The second-order valence-corrected chi connectivity index (χ2v) is 9.86. The zero-order valence-electron chi connectivity index (χ0n) is 20.5. The Morgan fingerprint density at radius 3 is 1.61 bits per heavy atom. The maximum atomic E-state index is 5.15. The van der Waals surface area contributed by atoms with Gasteiger partial charge >= 0.3 is 0 Å². The monoisotopic (exact) mass is 434 g/mol. The standard InChI is InChI=1S/C29H30N4/c1-13-15(3)24-11-26-17(5)18(6)28(32-26)21-9-8-20-19(7)27(33-29(20)21)12-25-16(4)14(2)23(31-25)10-22(13)30-24/h10-12,30-31H,8-9H2,1-7H3. The molecule has 0 unspecified atom stereocenters. The van der Waals surface area contributed by atoms with E-state index in [2.05, 4.69) is 76.6 Å². The molecular weight excluding hydrogens is 404 g/mol. The molecule has 0 spiro atoms. The quantitative estimate of drug-likeness (QED) is 0.388. The molecule has 4 nitrogen and oxygen atoms in total. The molecule has 0 saturated carbocycles. The fourth-order valence-corrected chi connectivity index (χ4v) is 5.46. The lowest BCUT2D eigenvalue weighted by Gasteiger charge is -2.00. The number of rotatable bonds is 0. The number of hydrogen-bond donors (Lipinski definition) is 2. The molecule has 0 radical (unpaired) electrons. The van der Waals surface area contributed by atoms with Crippen molar-refractivity contribution in [3.63, 3.8) is 0 Å². The number of fused-ring (bicyclic) bond motifs is 8. The van der Waals surface area contributed by atoms with Crippen molar-refractivity contribution in [2.75, 3.05) is 0 Å². The SMILES string of the molecule is CC1=C(C)c2nc1cc1[nH]c(cc3[nH]c(cc4nc5c2CCC5=C4C)c(C)c3C)c(C)c1C. The molecule has 3 aliphatic rings. The van der Waals surface area contributed by atoms with Crippen LogP contribution in [-0.4, -0.2) is 19.9 Å². The summed E-state index contributed by atoms with van der Waals surface area (Å²) in [7, 11) is 0. The smallest absolute Gasteiger partial charge is 0.0726 e. The van der Waals surface area contributed by atoms with Gasteiger partial charge in [-0.15, -0.1) is 0 Å². The Bertz CT molecular complexity index is 1620. The van der Waals surface area contributed by atoms with Crippen molar-refractivity contribution < 1.29 is 0 Å². The molecule has 0 fully saturated rings. The highest BCUT2D eigenvalue weighted by Crippen LogP contribution is 2.43. The summed E-state index contributed by atoms with van der Waals surface area (Å²) in [5, 5.41) is 0. The number of aromatic nitrogens is 4. The van der Waals surface area contributed by atoms with E-state index in [0.717, 1.165) is 57.7 Å². The summed E-state index contributed by atoms with van der Waals surface area (Å²) in [6, 6.07) is 6.68. The third-order valence-electron chi connectivity index (χ3n) is 8.22. The van der Waals surface area contributed by atoms with E-state index in [-0.39, 0.29) is 0 Å². The van der Waals surface area contributed by atoms with Gasteiger partial charge in [-0.3, -0.25) is 0 Å². The Kier molecular flexibility index (Phi) is 4.17. The van der Waals surface area contributed by atoms with Crippen LogP contribution in [0.3, 0.4) is 0 Å². The van der Waals surface area contributed by atoms with E-state index in [9.17, 15) is 0 Å². The van der Waals surface area contributed by atoms with Gasteiger partial charge in [0.2, 0.25) is 0 Å². The van der Waals surface area contributed by atoms with Gasteiger partial charge in [-0.25, -0.2) is 9.97 Å². The van der Waals surface area contributed by atoms with E-state index in [1.54, 1.807) is 0 Å². The number of nitrogens with zero attached hydrogens (tertiary/aromatic N) is 2. The number of nitrogens with one attached hydrogen (secondary N) is 2. The van der Waals surface area contributed by atoms with Crippen LogP contribution in [0.15, 0.2) is 18.2 Å². The number of aryl methyl sites for hydroxylation is 4. The molecule has 4 heteroatoms. The number of hydrogen-bond acceptors (Lipinski definition) is 2. The summed E-state index contributed by atoms with van der Waals surface area (Å²) in [5.41, 5.74) is 20.6. The first-order chi connectivity index (χ1) is 15.7. The fourth-order valence-electron chi connectivity index (χ4n) is 5.46. The van der Waals surface area contributed by atoms with Crippen LogP contribution in [0.25, 0.3) is 44.4 Å². The molecule has 0 saturated heterocycles. The number of H-pyrrole nitrogens is 2. The van der Waals surface area contributed by atoms with Crippen LogP contribution in [0.4, 0.5) is 0 Å². The minimum absolute atomic E-state index is 1.01. The molecule has 0 atom stereocenters. The second-order valence-electron chi connectivity index (χ2n) is 9.86. The molecular formula is C29H30N4. The zero-order chi connectivity index (χ0) is 23.2. The highest BCUT2D eigenvalue weighted by atomic mass is 14.8. The van der Waals surface area contributed by atoms with E-state index < -0.39 is 0 Å². The largest absolute Gasteiger partial charge is 0.355 e. The second kappa shape index (κ2) is 6.80. The summed E-state index contributed by atoms with van der Waals surface area (Å²) in [6.07, 6.45) is 2.06. The van der Waals surface area contributed by atoms with Crippen LogP contribution in [0, 0.1) is 27.7 Å². The van der Waals surface area contributed by atoms with Gasteiger partial charge in [0, 0.05) is 27.6 Å². The lowest BCUT2D eigenvalue weighted by atomic mass is 10.0. The van der Waals surface area contributed by atoms with Crippen LogP contribution in [-0.2, 0) is 6.42 Å². The topological polar surface area (TPSA) is 57.4 Å². The summed E-state index contributed by atoms with van der Waals surface area (Å²) in [6.45, 7) is 15.4. The lowest BCUT2D eigenvalue weighted by molar-refractivity contribution is 1.05. The molecule has 3 aromatic rings. The van der Waals surface area contributed by atoms with E-state index >= 15 is 0 Å². The van der Waals surface area contributed by atoms with Gasteiger partial charge in [0.15, 0.2) is 0 Å². The Balaban J connectivity index is 1.84.